The highest BCUT2D eigenvalue weighted by Crippen LogP contribution is 2.54. The lowest BCUT2D eigenvalue weighted by molar-refractivity contribution is -0.153. The van der Waals surface area contributed by atoms with Crippen LogP contribution in [0.15, 0.2) is 0 Å². The zero-order chi connectivity index (χ0) is 54.6. The van der Waals surface area contributed by atoms with Gasteiger partial charge in [0.2, 0.25) is 17.7 Å². The van der Waals surface area contributed by atoms with Gasteiger partial charge in [0.25, 0.3) is 0 Å². The van der Waals surface area contributed by atoms with Crippen molar-refractivity contribution in [1.29, 1.82) is 0 Å². The van der Waals surface area contributed by atoms with Crippen LogP contribution in [0.4, 0.5) is 14.4 Å². The summed E-state index contributed by atoms with van der Waals surface area (Å²) < 4.78 is 15.2. The lowest BCUT2D eigenvalue weighted by Gasteiger charge is -2.53. The number of likely N-dealkylation sites (tertiary alicyclic amines) is 6. The molecule has 9 saturated heterocycles. The molecule has 0 aromatic heterocycles. The van der Waals surface area contributed by atoms with E-state index in [0.717, 1.165) is 214 Å². The Morgan fingerprint density at radius 2 is 0.987 bits per heavy atom. The Labute approximate surface area is 466 Å². The monoisotopic (exact) mass is 1090 g/mol. The zero-order valence-corrected chi connectivity index (χ0v) is 48.3. The Balaban J connectivity index is 0.000000132. The van der Waals surface area contributed by atoms with Gasteiger partial charge in [-0.15, -0.1) is 0 Å². The van der Waals surface area contributed by atoms with E-state index < -0.39 is 0 Å². The number of methoxy groups -OCH3 is 1. The Morgan fingerprint density at radius 3 is 1.50 bits per heavy atom. The van der Waals surface area contributed by atoms with Crippen LogP contribution in [0.3, 0.4) is 0 Å². The summed E-state index contributed by atoms with van der Waals surface area (Å²) >= 11 is 0. The highest BCUT2D eigenvalue weighted by atomic mass is 16.6. The molecule has 3 spiro atoms. The highest BCUT2D eigenvalue weighted by molar-refractivity contribution is 5.81. The van der Waals surface area contributed by atoms with E-state index in [2.05, 4.69) is 37.6 Å². The third kappa shape index (κ3) is 12.5. The molecule has 18 nitrogen and oxygen atoms in total. The van der Waals surface area contributed by atoms with Crippen LogP contribution in [0, 0.1) is 57.7 Å². The average molecular weight is 1090 g/mol. The van der Waals surface area contributed by atoms with Crippen LogP contribution in [0.1, 0.15) is 149 Å². The molecule has 4 atom stereocenters. The minimum Gasteiger partial charge on any atom is -0.453 e. The molecule has 3 aliphatic carbocycles. The molecule has 0 bridgehead atoms. The maximum absolute atomic E-state index is 13.4. The largest absolute Gasteiger partial charge is 0.453 e. The summed E-state index contributed by atoms with van der Waals surface area (Å²) in [5.74, 6) is 4.07. The number of amides is 6. The molecule has 18 heteroatoms. The van der Waals surface area contributed by atoms with Gasteiger partial charge in [-0.1, -0.05) is 6.92 Å². The summed E-state index contributed by atoms with van der Waals surface area (Å²) in [7, 11) is 1.47. The van der Waals surface area contributed by atoms with E-state index in [-0.39, 0.29) is 46.9 Å². The first kappa shape index (κ1) is 57.3. The molecule has 9 aliphatic heterocycles. The van der Waals surface area contributed by atoms with Crippen LogP contribution in [0.25, 0.3) is 0 Å². The summed E-state index contributed by atoms with van der Waals surface area (Å²) in [4.78, 5) is 86.9. The topological polar surface area (TPSA) is 186 Å². The summed E-state index contributed by atoms with van der Waals surface area (Å²) in [5.41, 5.74) is 0.809. The van der Waals surface area contributed by atoms with E-state index in [9.17, 15) is 28.8 Å². The molecule has 12 fully saturated rings. The molecule has 3 N–H and O–H groups in total. The molecule has 4 unspecified atom stereocenters. The molecule has 0 aromatic rings. The van der Waals surface area contributed by atoms with Crippen molar-refractivity contribution in [3.63, 3.8) is 0 Å². The molecule has 0 aromatic carbocycles. The normalized spacial score (nSPS) is 36.7. The second-order valence-electron chi connectivity index (χ2n) is 26.8. The van der Waals surface area contributed by atoms with Crippen molar-refractivity contribution in [2.45, 2.75) is 167 Å². The standard InChI is InChI=1S/C21H35N3O3.C20H33N3O3.C19H31N3O3/c1-3-27-20(26)23-11-7-21(14-23)12-17(13-21)24-10-6-15(2)18(19(24)25)16-4-8-22-9-5-16;1-2-26-19(25)22-11-7-20(14-22)12-16(13-20)23-10-3-4-17(18(23)24)15-5-8-21-9-6-15;1-25-18(24)22-10-6-19(13-22)11-15(12-19)21-8-4-14(5-9-21)16-3-2-7-20-17(16)23/h15-18,22H,3-14H2,1-2H3;15-17,21H,2-14H2,1H3;14-16H,2-13H2,1H3,(H,20,23). The van der Waals surface area contributed by atoms with E-state index in [0.29, 0.717) is 78.1 Å². The fraction of sp³-hybridized carbons (Fsp3) is 0.900. The van der Waals surface area contributed by atoms with Gasteiger partial charge >= 0.3 is 18.3 Å². The average Bonchev–Trinajstić information content (AvgIpc) is 4.24. The summed E-state index contributed by atoms with van der Waals surface area (Å²) in [6.45, 7) is 21.0. The van der Waals surface area contributed by atoms with Crippen molar-refractivity contribution in [2.24, 2.45) is 57.7 Å². The molecule has 9 heterocycles. The minimum atomic E-state index is -0.174. The van der Waals surface area contributed by atoms with Gasteiger partial charge in [0.1, 0.15) is 0 Å². The van der Waals surface area contributed by atoms with E-state index in [1.54, 1.807) is 0 Å². The number of hydrogen-bond acceptors (Lipinski definition) is 12. The van der Waals surface area contributed by atoms with Gasteiger partial charge in [-0.25, -0.2) is 14.4 Å². The van der Waals surface area contributed by atoms with Crippen molar-refractivity contribution in [3.8, 4) is 0 Å². The van der Waals surface area contributed by atoms with E-state index in [4.69, 9.17) is 14.2 Å². The second kappa shape index (κ2) is 25.1. The minimum absolute atomic E-state index is 0.173. The molecule has 12 rings (SSSR count). The van der Waals surface area contributed by atoms with Crippen LogP contribution < -0.4 is 16.0 Å². The third-order valence-corrected chi connectivity index (χ3v) is 22.0. The fourth-order valence-electron chi connectivity index (χ4n) is 17.6. The maximum Gasteiger partial charge on any atom is 0.409 e. The number of hydrogen-bond donors (Lipinski definition) is 3. The van der Waals surface area contributed by atoms with E-state index in [1.165, 1.54) is 20.0 Å². The number of piperidine rings is 6. The molecular formula is C60H99N9O9. The molecule has 78 heavy (non-hydrogen) atoms. The number of rotatable bonds is 8. The highest BCUT2D eigenvalue weighted by Gasteiger charge is 2.56. The first-order chi connectivity index (χ1) is 37.7. The smallest absolute Gasteiger partial charge is 0.409 e. The van der Waals surface area contributed by atoms with Gasteiger partial charge in [0, 0.05) is 94.8 Å². The van der Waals surface area contributed by atoms with Crippen LogP contribution in [0.2, 0.25) is 0 Å². The molecule has 0 radical (unpaired) electrons. The maximum atomic E-state index is 13.4. The number of ether oxygens (including phenoxy) is 3. The molecule has 438 valence electrons. The van der Waals surface area contributed by atoms with Gasteiger partial charge in [-0.2, -0.15) is 0 Å². The van der Waals surface area contributed by atoms with Crippen LogP contribution >= 0.6 is 0 Å². The van der Waals surface area contributed by atoms with Crippen molar-refractivity contribution >= 4 is 36.0 Å². The third-order valence-electron chi connectivity index (χ3n) is 22.0. The molecule has 3 saturated carbocycles. The fourth-order valence-corrected chi connectivity index (χ4v) is 17.6. The Kier molecular flexibility index (Phi) is 18.4. The van der Waals surface area contributed by atoms with Crippen LogP contribution in [-0.2, 0) is 28.6 Å². The predicted octanol–water partition coefficient (Wildman–Crippen LogP) is 6.56. The van der Waals surface area contributed by atoms with Crippen molar-refractivity contribution in [2.75, 3.05) is 118 Å². The van der Waals surface area contributed by atoms with Crippen molar-refractivity contribution < 1.29 is 43.0 Å². The lowest BCUT2D eigenvalue weighted by Crippen LogP contribution is -2.59. The predicted molar refractivity (Wildman–Crippen MR) is 296 cm³/mol. The SMILES string of the molecule is CCOC(=O)N1CCC2(CC(N3CCC(C)C(C4CCNCC4)C3=O)C2)C1.CCOC(=O)N1CCC2(CC(N3CCCC(C4CCNCC4)C3=O)C2)C1.COC(=O)N1CCC2(CC(N3CCC(C4CCCNC4=O)CC3)C2)C1. The molecular weight excluding hydrogens is 991 g/mol. The van der Waals surface area contributed by atoms with Gasteiger partial charge in [0.15, 0.2) is 0 Å². The molecule has 6 amide bonds. The van der Waals surface area contributed by atoms with Gasteiger partial charge in [-0.3, -0.25) is 14.4 Å². The number of carbonyl (C=O) groups excluding carboxylic acids is 6. The number of nitrogens with zero attached hydrogens (tertiary/aromatic N) is 6. The first-order valence-corrected chi connectivity index (χ1v) is 31.5. The quantitative estimate of drug-likeness (QED) is 0.223. The van der Waals surface area contributed by atoms with Crippen molar-refractivity contribution in [3.05, 3.63) is 0 Å². The number of carbonyl (C=O) groups is 6. The van der Waals surface area contributed by atoms with E-state index in [1.807, 2.05) is 28.5 Å². The van der Waals surface area contributed by atoms with Crippen LogP contribution in [0.5, 0.6) is 0 Å². The molecule has 12 aliphatic rings. The van der Waals surface area contributed by atoms with Gasteiger partial charge in [-0.05, 0) is 221 Å². The Bertz CT molecular complexity index is 2090. The van der Waals surface area contributed by atoms with Crippen molar-refractivity contribution in [1.82, 2.24) is 45.3 Å². The Hall–Kier alpha value is -3.90. The summed E-state index contributed by atoms with van der Waals surface area (Å²) in [6, 6.07) is 1.46. The zero-order valence-electron chi connectivity index (χ0n) is 48.3. The van der Waals surface area contributed by atoms with Gasteiger partial charge < -0.3 is 59.6 Å². The second-order valence-corrected chi connectivity index (χ2v) is 26.8. The lowest BCUT2D eigenvalue weighted by atomic mass is 9.63. The van der Waals surface area contributed by atoms with Gasteiger partial charge in [0.05, 0.1) is 20.3 Å². The first-order valence-electron chi connectivity index (χ1n) is 31.5. The Morgan fingerprint density at radius 1 is 0.513 bits per heavy atom. The number of nitrogens with one attached hydrogen (secondary N) is 3. The van der Waals surface area contributed by atoms with Crippen LogP contribution in [-0.4, -0.2) is 202 Å². The summed E-state index contributed by atoms with van der Waals surface area (Å²) in [5, 5.41) is 9.88. The summed E-state index contributed by atoms with van der Waals surface area (Å²) in [6.07, 6.45) is 21.9. The van der Waals surface area contributed by atoms with E-state index >= 15 is 0 Å².